The predicted molar refractivity (Wildman–Crippen MR) is 57.1 cm³/mol. The van der Waals surface area contributed by atoms with Crippen molar-refractivity contribution in [2.75, 3.05) is 38.1 Å². The molecule has 3 nitrogen and oxygen atoms in total. The van der Waals surface area contributed by atoms with Crippen LogP contribution in [-0.4, -0.2) is 54.3 Å². The number of amides is 1. The molecule has 1 aliphatic rings. The molecule has 1 aliphatic heterocycles. The van der Waals surface area contributed by atoms with Gasteiger partial charge < -0.3 is 4.90 Å². The van der Waals surface area contributed by atoms with Gasteiger partial charge in [0, 0.05) is 31.5 Å². The molecule has 0 aromatic heterocycles. The summed E-state index contributed by atoms with van der Waals surface area (Å²) >= 11 is 3.42. The topological polar surface area (TPSA) is 23.6 Å². The van der Waals surface area contributed by atoms with E-state index in [4.69, 9.17) is 0 Å². The molecule has 0 aromatic rings. The normalized spacial score (nSPS) is 19.0. The van der Waals surface area contributed by atoms with Gasteiger partial charge in [0.25, 0.3) is 0 Å². The first-order chi connectivity index (χ1) is 6.36. The van der Waals surface area contributed by atoms with E-state index in [-0.39, 0.29) is 0 Å². The number of rotatable bonds is 5. The molecular weight excluding hydrogens is 232 g/mol. The van der Waals surface area contributed by atoms with Crippen molar-refractivity contribution in [1.82, 2.24) is 9.80 Å². The van der Waals surface area contributed by atoms with E-state index in [1.54, 1.807) is 0 Å². The summed E-state index contributed by atoms with van der Waals surface area (Å²) in [5.41, 5.74) is 0. The van der Waals surface area contributed by atoms with Gasteiger partial charge in [-0.3, -0.25) is 9.69 Å². The molecule has 0 aromatic carbocycles. The Bertz CT molecular complexity index is 147. The fourth-order valence-corrected chi connectivity index (χ4v) is 1.92. The molecule has 0 saturated carbocycles. The first-order valence-corrected chi connectivity index (χ1v) is 5.96. The van der Waals surface area contributed by atoms with E-state index >= 15 is 0 Å². The van der Waals surface area contributed by atoms with Gasteiger partial charge in [-0.05, 0) is 19.4 Å². The SMILES string of the molecule is O=CN1CCN(CCCCBr)CC1. The molecule has 1 amide bonds. The lowest BCUT2D eigenvalue weighted by atomic mass is 10.2. The van der Waals surface area contributed by atoms with Gasteiger partial charge in [0.1, 0.15) is 0 Å². The number of piperazine rings is 1. The summed E-state index contributed by atoms with van der Waals surface area (Å²) in [4.78, 5) is 14.7. The molecule has 0 unspecified atom stereocenters. The highest BCUT2D eigenvalue weighted by Gasteiger charge is 2.13. The Hall–Kier alpha value is -0.0900. The fraction of sp³-hybridized carbons (Fsp3) is 0.889. The third-order valence-corrected chi connectivity index (χ3v) is 2.97. The lowest BCUT2D eigenvalue weighted by Gasteiger charge is -2.32. The van der Waals surface area contributed by atoms with Gasteiger partial charge in [0.2, 0.25) is 6.41 Å². The second-order valence-electron chi connectivity index (χ2n) is 3.38. The highest BCUT2D eigenvalue weighted by Crippen LogP contribution is 2.02. The van der Waals surface area contributed by atoms with Gasteiger partial charge in [0.15, 0.2) is 0 Å². The van der Waals surface area contributed by atoms with Crippen molar-refractivity contribution >= 4 is 22.3 Å². The zero-order chi connectivity index (χ0) is 9.52. The highest BCUT2D eigenvalue weighted by molar-refractivity contribution is 9.09. The monoisotopic (exact) mass is 248 g/mol. The summed E-state index contributed by atoms with van der Waals surface area (Å²) < 4.78 is 0. The Kier molecular flexibility index (Phi) is 5.39. The number of alkyl halides is 1. The Morgan fingerprint density at radius 2 is 1.85 bits per heavy atom. The largest absolute Gasteiger partial charge is 0.343 e. The summed E-state index contributed by atoms with van der Waals surface area (Å²) in [6.07, 6.45) is 3.45. The summed E-state index contributed by atoms with van der Waals surface area (Å²) in [5, 5.41) is 1.10. The summed E-state index contributed by atoms with van der Waals surface area (Å²) in [6.45, 7) is 5.07. The second kappa shape index (κ2) is 6.38. The maximum Gasteiger partial charge on any atom is 0.209 e. The van der Waals surface area contributed by atoms with Crippen molar-refractivity contribution in [3.8, 4) is 0 Å². The summed E-state index contributed by atoms with van der Waals surface area (Å²) in [7, 11) is 0. The van der Waals surface area contributed by atoms with Gasteiger partial charge in [-0.2, -0.15) is 0 Å². The van der Waals surface area contributed by atoms with Gasteiger partial charge in [-0.25, -0.2) is 0 Å². The third-order valence-electron chi connectivity index (χ3n) is 2.41. The van der Waals surface area contributed by atoms with Crippen LogP contribution in [0.4, 0.5) is 0 Å². The Morgan fingerprint density at radius 3 is 2.38 bits per heavy atom. The van der Waals surface area contributed by atoms with Crippen LogP contribution in [0.5, 0.6) is 0 Å². The molecule has 13 heavy (non-hydrogen) atoms. The molecule has 0 aliphatic carbocycles. The quantitative estimate of drug-likeness (QED) is 0.411. The average Bonchev–Trinajstić information content (AvgIpc) is 2.19. The van der Waals surface area contributed by atoms with Crippen molar-refractivity contribution in [3.05, 3.63) is 0 Å². The molecular formula is C9H17BrN2O. The van der Waals surface area contributed by atoms with E-state index in [2.05, 4.69) is 20.8 Å². The van der Waals surface area contributed by atoms with Crippen LogP contribution in [0, 0.1) is 0 Å². The Labute approximate surface area is 88.2 Å². The van der Waals surface area contributed by atoms with Crippen molar-refractivity contribution < 1.29 is 4.79 Å². The van der Waals surface area contributed by atoms with E-state index in [0.29, 0.717) is 0 Å². The fourth-order valence-electron chi connectivity index (χ4n) is 1.52. The summed E-state index contributed by atoms with van der Waals surface area (Å²) in [5.74, 6) is 0. The molecule has 0 radical (unpaired) electrons. The minimum Gasteiger partial charge on any atom is -0.343 e. The first kappa shape index (κ1) is 11.0. The molecule has 0 atom stereocenters. The number of hydrogen-bond acceptors (Lipinski definition) is 2. The predicted octanol–water partition coefficient (Wildman–Crippen LogP) is 0.935. The molecule has 4 heteroatoms. The van der Waals surface area contributed by atoms with Crippen molar-refractivity contribution in [2.24, 2.45) is 0 Å². The summed E-state index contributed by atoms with van der Waals surface area (Å²) in [6, 6.07) is 0. The standard InChI is InChI=1S/C9H17BrN2O/c10-3-1-2-4-11-5-7-12(9-13)8-6-11/h9H,1-8H2. The molecule has 0 N–H and O–H groups in total. The van der Waals surface area contributed by atoms with Crippen molar-refractivity contribution in [3.63, 3.8) is 0 Å². The van der Waals surface area contributed by atoms with Crippen molar-refractivity contribution in [2.45, 2.75) is 12.8 Å². The second-order valence-corrected chi connectivity index (χ2v) is 4.17. The van der Waals surface area contributed by atoms with Crippen LogP contribution in [0.25, 0.3) is 0 Å². The molecule has 1 rings (SSSR count). The van der Waals surface area contributed by atoms with E-state index < -0.39 is 0 Å². The average molecular weight is 249 g/mol. The zero-order valence-corrected chi connectivity index (χ0v) is 9.50. The Morgan fingerprint density at radius 1 is 1.15 bits per heavy atom. The van der Waals surface area contributed by atoms with Crippen LogP contribution < -0.4 is 0 Å². The van der Waals surface area contributed by atoms with Gasteiger partial charge >= 0.3 is 0 Å². The van der Waals surface area contributed by atoms with E-state index in [1.807, 2.05) is 4.90 Å². The third kappa shape index (κ3) is 4.09. The minimum absolute atomic E-state index is 0.901. The first-order valence-electron chi connectivity index (χ1n) is 4.84. The van der Waals surface area contributed by atoms with Crippen LogP contribution in [-0.2, 0) is 4.79 Å². The lowest BCUT2D eigenvalue weighted by molar-refractivity contribution is -0.119. The molecule has 1 saturated heterocycles. The maximum absolute atomic E-state index is 10.4. The van der Waals surface area contributed by atoms with Gasteiger partial charge in [-0.1, -0.05) is 15.9 Å². The maximum atomic E-state index is 10.4. The van der Waals surface area contributed by atoms with Crippen LogP contribution in [0.3, 0.4) is 0 Å². The molecule has 1 fully saturated rings. The van der Waals surface area contributed by atoms with Crippen LogP contribution in [0.2, 0.25) is 0 Å². The number of halogens is 1. The van der Waals surface area contributed by atoms with E-state index in [9.17, 15) is 4.79 Å². The van der Waals surface area contributed by atoms with Crippen molar-refractivity contribution in [1.29, 1.82) is 0 Å². The molecule has 0 spiro atoms. The molecule has 76 valence electrons. The number of hydrogen-bond donors (Lipinski definition) is 0. The molecule has 0 bridgehead atoms. The number of carbonyl (C=O) groups is 1. The van der Waals surface area contributed by atoms with Crippen LogP contribution in [0.15, 0.2) is 0 Å². The number of nitrogens with zero attached hydrogens (tertiary/aromatic N) is 2. The zero-order valence-electron chi connectivity index (χ0n) is 7.91. The van der Waals surface area contributed by atoms with E-state index in [1.165, 1.54) is 19.4 Å². The molecule has 1 heterocycles. The number of carbonyl (C=O) groups excluding carboxylic acids is 1. The van der Waals surface area contributed by atoms with Crippen LogP contribution in [0.1, 0.15) is 12.8 Å². The van der Waals surface area contributed by atoms with Gasteiger partial charge in [0.05, 0.1) is 0 Å². The minimum atomic E-state index is 0.901. The van der Waals surface area contributed by atoms with Gasteiger partial charge in [-0.15, -0.1) is 0 Å². The van der Waals surface area contributed by atoms with E-state index in [0.717, 1.165) is 37.9 Å². The number of unbranched alkanes of at least 4 members (excludes halogenated alkanes) is 1. The van der Waals surface area contributed by atoms with Crippen LogP contribution >= 0.6 is 15.9 Å². The smallest absolute Gasteiger partial charge is 0.209 e. The highest BCUT2D eigenvalue weighted by atomic mass is 79.9. The lowest BCUT2D eigenvalue weighted by Crippen LogP contribution is -2.45. The Balaban J connectivity index is 2.07.